The predicted octanol–water partition coefficient (Wildman–Crippen LogP) is 3.66. The van der Waals surface area contributed by atoms with Gasteiger partial charge < -0.3 is 15.6 Å². The maximum absolute atomic E-state index is 6.17. The summed E-state index contributed by atoms with van der Waals surface area (Å²) >= 11 is 3.64. The molecular formula is C21H24BrN5. The van der Waals surface area contributed by atoms with Crippen molar-refractivity contribution in [1.29, 1.82) is 0 Å². The number of anilines is 1. The van der Waals surface area contributed by atoms with Gasteiger partial charge >= 0.3 is 0 Å². The highest BCUT2D eigenvalue weighted by Crippen LogP contribution is 2.30. The molecule has 0 amide bonds. The van der Waals surface area contributed by atoms with Crippen LogP contribution in [0.25, 0.3) is 11.4 Å². The van der Waals surface area contributed by atoms with Gasteiger partial charge in [0.2, 0.25) is 0 Å². The molecule has 1 saturated heterocycles. The lowest BCUT2D eigenvalue weighted by molar-refractivity contribution is 0.186. The van der Waals surface area contributed by atoms with Gasteiger partial charge in [-0.3, -0.25) is 4.90 Å². The van der Waals surface area contributed by atoms with Gasteiger partial charge in [-0.2, -0.15) is 0 Å². The number of para-hydroxylation sites is 1. The fourth-order valence-electron chi connectivity index (χ4n) is 3.70. The molecule has 0 spiro atoms. The molecule has 3 aromatic rings. The van der Waals surface area contributed by atoms with E-state index in [0.717, 1.165) is 47.9 Å². The third kappa shape index (κ3) is 3.93. The minimum atomic E-state index is 0.127. The SMILES string of the molecule is NCC(c1[nH]c(-c2ccccc2)nc1Br)N1CCN(c2ccccc2)CC1. The molecule has 0 saturated carbocycles. The Kier molecular flexibility index (Phi) is 5.57. The fourth-order valence-corrected chi connectivity index (χ4v) is 4.24. The van der Waals surface area contributed by atoms with Crippen LogP contribution in [0.4, 0.5) is 5.69 Å². The van der Waals surface area contributed by atoms with Crippen LogP contribution < -0.4 is 10.6 Å². The van der Waals surface area contributed by atoms with Crippen molar-refractivity contribution < 1.29 is 0 Å². The number of benzene rings is 2. The number of imidazole rings is 1. The molecule has 0 bridgehead atoms. The second kappa shape index (κ2) is 8.25. The Morgan fingerprint density at radius 2 is 1.59 bits per heavy atom. The molecule has 1 unspecified atom stereocenters. The molecule has 4 rings (SSSR count). The van der Waals surface area contributed by atoms with Crippen LogP contribution in [0.5, 0.6) is 0 Å². The Morgan fingerprint density at radius 1 is 0.963 bits per heavy atom. The lowest BCUT2D eigenvalue weighted by atomic mass is 10.1. The molecule has 1 aliphatic rings. The maximum atomic E-state index is 6.17. The number of hydrogen-bond donors (Lipinski definition) is 2. The summed E-state index contributed by atoms with van der Waals surface area (Å²) in [7, 11) is 0. The number of nitrogens with zero attached hydrogens (tertiary/aromatic N) is 3. The normalized spacial score (nSPS) is 16.4. The standard InChI is InChI=1S/C21H24BrN5/c22-20-19(24-21(25-20)16-7-3-1-4-8-16)18(15-23)27-13-11-26(12-14-27)17-9-5-2-6-10-17/h1-10,18H,11-15,23H2,(H,24,25). The number of H-pyrrole nitrogens is 1. The van der Waals surface area contributed by atoms with E-state index >= 15 is 0 Å². The van der Waals surface area contributed by atoms with Gasteiger partial charge in [-0.1, -0.05) is 48.5 Å². The molecule has 5 nitrogen and oxygen atoms in total. The highest BCUT2D eigenvalue weighted by atomic mass is 79.9. The Bertz CT molecular complexity index is 857. The molecule has 0 aliphatic carbocycles. The smallest absolute Gasteiger partial charge is 0.138 e. The topological polar surface area (TPSA) is 61.2 Å². The van der Waals surface area contributed by atoms with Crippen molar-refractivity contribution in [2.45, 2.75) is 6.04 Å². The second-order valence-electron chi connectivity index (χ2n) is 6.77. The summed E-state index contributed by atoms with van der Waals surface area (Å²) in [5.41, 5.74) is 9.60. The maximum Gasteiger partial charge on any atom is 0.138 e. The van der Waals surface area contributed by atoms with Crippen molar-refractivity contribution in [3.05, 3.63) is 71.0 Å². The molecule has 1 fully saturated rings. The largest absolute Gasteiger partial charge is 0.369 e. The van der Waals surface area contributed by atoms with Crippen molar-refractivity contribution in [1.82, 2.24) is 14.9 Å². The summed E-state index contributed by atoms with van der Waals surface area (Å²) in [5.74, 6) is 0.874. The van der Waals surface area contributed by atoms with Crippen molar-refractivity contribution in [3.8, 4) is 11.4 Å². The van der Waals surface area contributed by atoms with Crippen molar-refractivity contribution in [3.63, 3.8) is 0 Å². The lowest BCUT2D eigenvalue weighted by Gasteiger charge is -2.39. The zero-order valence-corrected chi connectivity index (χ0v) is 16.8. The zero-order valence-electron chi connectivity index (χ0n) is 15.2. The minimum Gasteiger partial charge on any atom is -0.369 e. The molecule has 6 heteroatoms. The Hall–Kier alpha value is -2.15. The number of hydrogen-bond acceptors (Lipinski definition) is 4. The van der Waals surface area contributed by atoms with Gasteiger partial charge in [-0.25, -0.2) is 4.98 Å². The van der Waals surface area contributed by atoms with Gasteiger partial charge in [-0.15, -0.1) is 0 Å². The summed E-state index contributed by atoms with van der Waals surface area (Å²) < 4.78 is 0.849. The fraction of sp³-hybridized carbons (Fsp3) is 0.286. The Labute approximate surface area is 168 Å². The molecule has 1 aliphatic heterocycles. The van der Waals surface area contributed by atoms with E-state index in [2.05, 4.69) is 78.2 Å². The monoisotopic (exact) mass is 425 g/mol. The highest BCUT2D eigenvalue weighted by Gasteiger charge is 2.27. The van der Waals surface area contributed by atoms with E-state index in [-0.39, 0.29) is 6.04 Å². The minimum absolute atomic E-state index is 0.127. The van der Waals surface area contributed by atoms with E-state index in [0.29, 0.717) is 6.54 Å². The number of nitrogens with two attached hydrogens (primary N) is 1. The number of rotatable bonds is 5. The molecule has 140 valence electrons. The van der Waals surface area contributed by atoms with Gasteiger partial charge in [0, 0.05) is 44.0 Å². The van der Waals surface area contributed by atoms with Crippen LogP contribution in [0, 0.1) is 0 Å². The van der Waals surface area contributed by atoms with Crippen LogP contribution in [-0.4, -0.2) is 47.6 Å². The lowest BCUT2D eigenvalue weighted by Crippen LogP contribution is -2.49. The average Bonchev–Trinajstić information content (AvgIpc) is 3.12. The van der Waals surface area contributed by atoms with E-state index in [1.165, 1.54) is 5.69 Å². The molecule has 1 aromatic heterocycles. The van der Waals surface area contributed by atoms with Gasteiger partial charge in [0.1, 0.15) is 10.4 Å². The van der Waals surface area contributed by atoms with E-state index in [1.54, 1.807) is 0 Å². The van der Waals surface area contributed by atoms with E-state index in [4.69, 9.17) is 5.73 Å². The molecule has 2 heterocycles. The van der Waals surface area contributed by atoms with Gasteiger partial charge in [0.15, 0.2) is 0 Å². The first-order chi connectivity index (χ1) is 13.3. The first-order valence-electron chi connectivity index (χ1n) is 9.31. The quantitative estimate of drug-likeness (QED) is 0.654. The summed E-state index contributed by atoms with van der Waals surface area (Å²) in [6.07, 6.45) is 0. The van der Waals surface area contributed by atoms with E-state index in [1.807, 2.05) is 18.2 Å². The number of halogens is 1. The summed E-state index contributed by atoms with van der Waals surface area (Å²) in [6.45, 7) is 4.50. The van der Waals surface area contributed by atoms with Crippen LogP contribution >= 0.6 is 15.9 Å². The number of piperazine rings is 1. The van der Waals surface area contributed by atoms with Crippen LogP contribution in [0.2, 0.25) is 0 Å². The number of aromatic amines is 1. The third-order valence-electron chi connectivity index (χ3n) is 5.17. The zero-order chi connectivity index (χ0) is 18.6. The van der Waals surface area contributed by atoms with Crippen molar-refractivity contribution in [2.75, 3.05) is 37.6 Å². The van der Waals surface area contributed by atoms with E-state index < -0.39 is 0 Å². The molecule has 1 atom stereocenters. The van der Waals surface area contributed by atoms with Gasteiger partial charge in [0.05, 0.1) is 11.7 Å². The first-order valence-corrected chi connectivity index (χ1v) is 10.1. The molecule has 27 heavy (non-hydrogen) atoms. The van der Waals surface area contributed by atoms with Crippen molar-refractivity contribution in [2.24, 2.45) is 5.73 Å². The first kappa shape index (κ1) is 18.2. The van der Waals surface area contributed by atoms with Crippen LogP contribution in [0.3, 0.4) is 0 Å². The van der Waals surface area contributed by atoms with E-state index in [9.17, 15) is 0 Å². The molecular weight excluding hydrogens is 402 g/mol. The van der Waals surface area contributed by atoms with Crippen LogP contribution in [-0.2, 0) is 0 Å². The predicted molar refractivity (Wildman–Crippen MR) is 114 cm³/mol. The van der Waals surface area contributed by atoms with Crippen LogP contribution in [0.15, 0.2) is 65.3 Å². The van der Waals surface area contributed by atoms with Crippen molar-refractivity contribution >= 4 is 21.6 Å². The molecule has 3 N–H and O–H groups in total. The summed E-state index contributed by atoms with van der Waals surface area (Å²) in [5, 5.41) is 0. The Balaban J connectivity index is 1.49. The Morgan fingerprint density at radius 3 is 2.22 bits per heavy atom. The second-order valence-corrected chi connectivity index (χ2v) is 7.52. The summed E-state index contributed by atoms with van der Waals surface area (Å²) in [4.78, 5) is 13.1. The number of aromatic nitrogens is 2. The summed E-state index contributed by atoms with van der Waals surface area (Å²) in [6, 6.07) is 20.9. The van der Waals surface area contributed by atoms with Gasteiger partial charge in [-0.05, 0) is 28.1 Å². The number of nitrogens with one attached hydrogen (secondary N) is 1. The van der Waals surface area contributed by atoms with Gasteiger partial charge in [0.25, 0.3) is 0 Å². The molecule has 2 aromatic carbocycles. The average molecular weight is 426 g/mol. The molecule has 0 radical (unpaired) electrons. The highest BCUT2D eigenvalue weighted by molar-refractivity contribution is 9.10. The third-order valence-corrected chi connectivity index (χ3v) is 5.77. The van der Waals surface area contributed by atoms with Crippen LogP contribution in [0.1, 0.15) is 11.7 Å².